The highest BCUT2D eigenvalue weighted by molar-refractivity contribution is 7.89. The number of hydrogen-bond donors (Lipinski definition) is 1. The second-order valence-corrected chi connectivity index (χ2v) is 7.89. The maximum atomic E-state index is 12.8. The Morgan fingerprint density at radius 2 is 2.13 bits per heavy atom. The van der Waals surface area contributed by atoms with Crippen molar-refractivity contribution < 1.29 is 22.6 Å². The minimum atomic E-state index is -3.66. The van der Waals surface area contributed by atoms with Gasteiger partial charge in [-0.1, -0.05) is 6.07 Å². The summed E-state index contributed by atoms with van der Waals surface area (Å²) in [7, 11) is -0.556. The lowest BCUT2D eigenvalue weighted by Crippen LogP contribution is -2.62. The molecule has 1 aromatic carbocycles. The van der Waals surface area contributed by atoms with E-state index in [0.29, 0.717) is 19.0 Å². The molecular formula is C16H23NO5S. The predicted molar refractivity (Wildman–Crippen MR) is 85.1 cm³/mol. The molecule has 0 aromatic heterocycles. The molecule has 1 N–H and O–H groups in total. The van der Waals surface area contributed by atoms with Gasteiger partial charge in [0.05, 0.1) is 19.8 Å². The van der Waals surface area contributed by atoms with E-state index in [2.05, 4.69) is 4.72 Å². The zero-order valence-electron chi connectivity index (χ0n) is 13.6. The van der Waals surface area contributed by atoms with Crippen LogP contribution >= 0.6 is 0 Å². The summed E-state index contributed by atoms with van der Waals surface area (Å²) >= 11 is 0. The van der Waals surface area contributed by atoms with Crippen molar-refractivity contribution in [2.45, 2.75) is 30.4 Å². The lowest BCUT2D eigenvalue weighted by atomic mass is 9.68. The van der Waals surface area contributed by atoms with Crippen LogP contribution in [0.4, 0.5) is 0 Å². The molecule has 0 radical (unpaired) electrons. The number of benzene rings is 1. The fourth-order valence-corrected chi connectivity index (χ4v) is 5.12. The third kappa shape index (κ3) is 2.98. The number of methoxy groups -OCH3 is 2. The van der Waals surface area contributed by atoms with Crippen LogP contribution in [0.25, 0.3) is 0 Å². The molecule has 1 aliphatic heterocycles. The van der Waals surface area contributed by atoms with Gasteiger partial charge in [0.25, 0.3) is 0 Å². The largest absolute Gasteiger partial charge is 0.495 e. The lowest BCUT2D eigenvalue weighted by molar-refractivity contribution is -0.0775. The summed E-state index contributed by atoms with van der Waals surface area (Å²) in [4.78, 5) is 0.170. The highest BCUT2D eigenvalue weighted by atomic mass is 32.2. The molecule has 23 heavy (non-hydrogen) atoms. The van der Waals surface area contributed by atoms with E-state index >= 15 is 0 Å². The summed E-state index contributed by atoms with van der Waals surface area (Å²) in [5.41, 5.74) is 0.950. The van der Waals surface area contributed by atoms with Crippen LogP contribution in [0.1, 0.15) is 12.0 Å². The number of nitrogens with one attached hydrogen (secondary N) is 1. The van der Waals surface area contributed by atoms with Crippen LogP contribution in [0.5, 0.6) is 5.75 Å². The third-order valence-electron chi connectivity index (χ3n) is 4.79. The summed E-state index contributed by atoms with van der Waals surface area (Å²) in [6.45, 7) is 3.06. The molecule has 6 nitrogen and oxygen atoms in total. The quantitative estimate of drug-likeness (QED) is 0.845. The normalized spacial score (nSPS) is 29.9. The Bertz CT molecular complexity index is 675. The first-order valence-corrected chi connectivity index (χ1v) is 9.23. The first-order valence-electron chi connectivity index (χ1n) is 7.75. The molecule has 1 aliphatic carbocycles. The number of sulfonamides is 1. The molecular weight excluding hydrogens is 318 g/mol. The Hall–Kier alpha value is -1.15. The zero-order valence-corrected chi connectivity index (χ0v) is 14.4. The SMILES string of the molecule is COC[C@@H]1[C@H](NS(=O)(=O)c2ccc(C)cc2OC)[C@@H]2CCO[C@H]12. The van der Waals surface area contributed by atoms with Gasteiger partial charge in [-0.15, -0.1) is 0 Å². The summed E-state index contributed by atoms with van der Waals surface area (Å²) in [6, 6.07) is 4.93. The van der Waals surface area contributed by atoms with Gasteiger partial charge in [-0.25, -0.2) is 13.1 Å². The Kier molecular flexibility index (Phi) is 4.64. The van der Waals surface area contributed by atoms with Gasteiger partial charge in [0.2, 0.25) is 10.0 Å². The van der Waals surface area contributed by atoms with Crippen molar-refractivity contribution in [1.29, 1.82) is 0 Å². The molecule has 0 spiro atoms. The fraction of sp³-hybridized carbons (Fsp3) is 0.625. The minimum absolute atomic E-state index is 0.0544. The molecule has 0 amide bonds. The maximum absolute atomic E-state index is 12.8. The Morgan fingerprint density at radius 3 is 2.83 bits per heavy atom. The third-order valence-corrected chi connectivity index (χ3v) is 6.29. The molecule has 1 heterocycles. The monoisotopic (exact) mass is 341 g/mol. The van der Waals surface area contributed by atoms with E-state index < -0.39 is 10.0 Å². The van der Waals surface area contributed by atoms with E-state index in [1.807, 2.05) is 6.92 Å². The van der Waals surface area contributed by atoms with Crippen molar-refractivity contribution >= 4 is 10.0 Å². The van der Waals surface area contributed by atoms with Crippen molar-refractivity contribution in [3.05, 3.63) is 23.8 Å². The summed E-state index contributed by atoms with van der Waals surface area (Å²) in [6.07, 6.45) is 0.978. The molecule has 2 aliphatic rings. The molecule has 1 aromatic rings. The van der Waals surface area contributed by atoms with E-state index in [9.17, 15) is 8.42 Å². The molecule has 128 valence electrons. The fourth-order valence-electron chi connectivity index (χ4n) is 3.63. The van der Waals surface area contributed by atoms with Crippen LogP contribution in [0.15, 0.2) is 23.1 Å². The van der Waals surface area contributed by atoms with Crippen LogP contribution in [0.3, 0.4) is 0 Å². The van der Waals surface area contributed by atoms with Gasteiger partial charge in [-0.2, -0.15) is 0 Å². The van der Waals surface area contributed by atoms with Gasteiger partial charge in [0.1, 0.15) is 10.6 Å². The van der Waals surface area contributed by atoms with Gasteiger partial charge >= 0.3 is 0 Å². The van der Waals surface area contributed by atoms with E-state index in [-0.39, 0.29) is 28.9 Å². The smallest absolute Gasteiger partial charge is 0.244 e. The zero-order chi connectivity index (χ0) is 16.6. The van der Waals surface area contributed by atoms with Gasteiger partial charge < -0.3 is 14.2 Å². The van der Waals surface area contributed by atoms with Crippen LogP contribution < -0.4 is 9.46 Å². The van der Waals surface area contributed by atoms with Crippen molar-refractivity contribution in [3.63, 3.8) is 0 Å². The lowest BCUT2D eigenvalue weighted by Gasteiger charge is -2.47. The number of fused-ring (bicyclic) bond motifs is 1. The number of ether oxygens (including phenoxy) is 3. The van der Waals surface area contributed by atoms with Crippen LogP contribution in [0, 0.1) is 18.8 Å². The second-order valence-electron chi connectivity index (χ2n) is 6.21. The molecule has 2 fully saturated rings. The highest BCUT2D eigenvalue weighted by Crippen LogP contribution is 2.44. The average Bonchev–Trinajstić information content (AvgIpc) is 2.94. The van der Waals surface area contributed by atoms with Crippen molar-refractivity contribution in [2.24, 2.45) is 11.8 Å². The Balaban J connectivity index is 1.83. The van der Waals surface area contributed by atoms with Crippen molar-refractivity contribution in [2.75, 3.05) is 27.4 Å². The molecule has 7 heteroatoms. The molecule has 0 bridgehead atoms. The summed E-state index contributed by atoms with van der Waals surface area (Å²) < 4.78 is 44.6. The first-order chi connectivity index (χ1) is 11.0. The number of aryl methyl sites for hydroxylation is 1. The van der Waals surface area contributed by atoms with Gasteiger partial charge in [0.15, 0.2) is 0 Å². The molecule has 4 atom stereocenters. The topological polar surface area (TPSA) is 73.9 Å². The molecule has 1 saturated heterocycles. The number of rotatable bonds is 6. The molecule has 1 saturated carbocycles. The van der Waals surface area contributed by atoms with E-state index in [1.165, 1.54) is 7.11 Å². The number of hydrogen-bond acceptors (Lipinski definition) is 5. The minimum Gasteiger partial charge on any atom is -0.495 e. The van der Waals surface area contributed by atoms with Crippen molar-refractivity contribution in [1.82, 2.24) is 4.72 Å². The van der Waals surface area contributed by atoms with Gasteiger partial charge in [-0.05, 0) is 31.0 Å². The van der Waals surface area contributed by atoms with Crippen LogP contribution in [-0.4, -0.2) is 48.0 Å². The predicted octanol–water partition coefficient (Wildman–Crippen LogP) is 1.33. The highest BCUT2D eigenvalue weighted by Gasteiger charge is 2.55. The molecule has 3 rings (SSSR count). The molecule has 0 unspecified atom stereocenters. The Morgan fingerprint density at radius 1 is 1.35 bits per heavy atom. The standard InChI is InChI=1S/C16H23NO5S/c1-10-4-5-14(13(8-10)21-3)23(18,19)17-15-11-6-7-22-16(11)12(15)9-20-2/h4-5,8,11-12,15-17H,6-7,9H2,1-3H3/t11-,12+,15+,16-/m0/s1. The maximum Gasteiger partial charge on any atom is 0.244 e. The summed E-state index contributed by atoms with van der Waals surface area (Å²) in [5.74, 6) is 0.638. The van der Waals surface area contributed by atoms with Crippen molar-refractivity contribution in [3.8, 4) is 5.75 Å². The second kappa shape index (κ2) is 6.39. The van der Waals surface area contributed by atoms with Gasteiger partial charge in [-0.3, -0.25) is 0 Å². The van der Waals surface area contributed by atoms with Crippen LogP contribution in [0.2, 0.25) is 0 Å². The Labute approximate surface area is 137 Å². The van der Waals surface area contributed by atoms with Crippen LogP contribution in [-0.2, 0) is 19.5 Å². The van der Waals surface area contributed by atoms with Gasteiger partial charge in [0, 0.05) is 31.6 Å². The van der Waals surface area contributed by atoms with E-state index in [0.717, 1.165) is 12.0 Å². The average molecular weight is 341 g/mol. The first kappa shape index (κ1) is 16.7. The van der Waals surface area contributed by atoms with E-state index in [4.69, 9.17) is 14.2 Å². The summed E-state index contributed by atoms with van der Waals surface area (Å²) in [5, 5.41) is 0. The van der Waals surface area contributed by atoms with E-state index in [1.54, 1.807) is 25.3 Å².